The summed E-state index contributed by atoms with van der Waals surface area (Å²) in [5, 5.41) is 3.97. The molecule has 0 aromatic heterocycles. The molecule has 1 N–H and O–H groups in total. The van der Waals surface area contributed by atoms with Gasteiger partial charge in [-0.25, -0.2) is 0 Å². The number of nitrogens with one attached hydrogen (secondary N) is 1. The van der Waals surface area contributed by atoms with Crippen molar-refractivity contribution in [3.05, 3.63) is 106 Å². The number of hydrogen-bond donors (Lipinski definition) is 1. The molecule has 0 radical (unpaired) electrons. The third-order valence-corrected chi connectivity index (χ3v) is 8.22. The van der Waals surface area contributed by atoms with Gasteiger partial charge in [0.25, 0.3) is 0 Å². The number of carbonyl (C=O) groups excluding carboxylic acids is 2. The maximum absolute atomic E-state index is 13.8. The van der Waals surface area contributed by atoms with Crippen LogP contribution in [0.4, 0.5) is 0 Å². The Labute approximate surface area is 229 Å². The Morgan fingerprint density at radius 2 is 1.62 bits per heavy atom. The number of aryl methyl sites for hydroxylation is 1. The minimum Gasteiger partial charge on any atom is -0.352 e. The third-order valence-electron chi connectivity index (χ3n) is 6.98. The number of thioether (sulfide) groups is 1. The molecule has 1 saturated carbocycles. The molecular formula is C31H35ClN2O2S. The van der Waals surface area contributed by atoms with Crippen molar-refractivity contribution >= 4 is 35.2 Å². The fraction of sp³-hybridized carbons (Fsp3) is 0.355. The number of carbonyl (C=O) groups is 2. The monoisotopic (exact) mass is 534 g/mol. The van der Waals surface area contributed by atoms with Crippen molar-refractivity contribution in [3.63, 3.8) is 0 Å². The molecule has 1 aliphatic carbocycles. The Bertz CT molecular complexity index is 1160. The zero-order valence-corrected chi connectivity index (χ0v) is 22.9. The fourth-order valence-corrected chi connectivity index (χ4v) is 5.81. The van der Waals surface area contributed by atoms with Gasteiger partial charge in [-0.1, -0.05) is 91.2 Å². The number of nitrogens with zero attached hydrogens (tertiary/aromatic N) is 1. The Morgan fingerprint density at radius 3 is 2.32 bits per heavy atom. The van der Waals surface area contributed by atoms with Crippen molar-refractivity contribution in [2.24, 2.45) is 0 Å². The summed E-state index contributed by atoms with van der Waals surface area (Å²) in [4.78, 5) is 29.3. The average Bonchev–Trinajstić information content (AvgIpc) is 3.42. The van der Waals surface area contributed by atoms with E-state index in [9.17, 15) is 9.59 Å². The Morgan fingerprint density at radius 1 is 0.946 bits per heavy atom. The lowest BCUT2D eigenvalue weighted by atomic mass is 10.0. The second-order valence-corrected chi connectivity index (χ2v) is 11.2. The smallest absolute Gasteiger partial charge is 0.243 e. The van der Waals surface area contributed by atoms with E-state index >= 15 is 0 Å². The normalized spacial score (nSPS) is 14.3. The van der Waals surface area contributed by atoms with Crippen molar-refractivity contribution in [3.8, 4) is 0 Å². The van der Waals surface area contributed by atoms with Crippen molar-refractivity contribution < 1.29 is 9.59 Å². The van der Waals surface area contributed by atoms with E-state index in [-0.39, 0.29) is 17.9 Å². The fourth-order valence-electron chi connectivity index (χ4n) is 4.81. The first-order valence-corrected chi connectivity index (χ1v) is 14.5. The lowest BCUT2D eigenvalue weighted by Crippen LogP contribution is -2.52. The van der Waals surface area contributed by atoms with Crippen LogP contribution in [0.25, 0.3) is 0 Å². The van der Waals surface area contributed by atoms with Gasteiger partial charge in [0.2, 0.25) is 11.8 Å². The first-order chi connectivity index (χ1) is 18.0. The highest BCUT2D eigenvalue weighted by Crippen LogP contribution is 2.22. The molecular weight excluding hydrogens is 500 g/mol. The van der Waals surface area contributed by atoms with Gasteiger partial charge < -0.3 is 10.2 Å². The summed E-state index contributed by atoms with van der Waals surface area (Å²) in [5.41, 5.74) is 4.34. The van der Waals surface area contributed by atoms with Gasteiger partial charge in [0, 0.05) is 29.8 Å². The molecule has 194 valence electrons. The van der Waals surface area contributed by atoms with Gasteiger partial charge in [-0.3, -0.25) is 9.59 Å². The molecule has 37 heavy (non-hydrogen) atoms. The van der Waals surface area contributed by atoms with Crippen LogP contribution in [0.3, 0.4) is 0 Å². The summed E-state index contributed by atoms with van der Waals surface area (Å²) in [6, 6.07) is 25.4. The summed E-state index contributed by atoms with van der Waals surface area (Å²) in [6.45, 7) is 2.46. The van der Waals surface area contributed by atoms with Crippen LogP contribution >= 0.6 is 23.4 Å². The summed E-state index contributed by atoms with van der Waals surface area (Å²) in [5.74, 6) is 0.931. The first kappa shape index (κ1) is 27.3. The molecule has 4 nitrogen and oxygen atoms in total. The average molecular weight is 535 g/mol. The van der Waals surface area contributed by atoms with Crippen LogP contribution in [0.5, 0.6) is 0 Å². The van der Waals surface area contributed by atoms with Crippen LogP contribution in [-0.4, -0.2) is 34.6 Å². The maximum Gasteiger partial charge on any atom is 0.243 e. The molecule has 1 fully saturated rings. The highest BCUT2D eigenvalue weighted by molar-refractivity contribution is 7.99. The lowest BCUT2D eigenvalue weighted by molar-refractivity contribution is -0.139. The molecule has 0 saturated heterocycles. The first-order valence-electron chi connectivity index (χ1n) is 13.0. The quantitative estimate of drug-likeness (QED) is 0.302. The number of hydrogen-bond acceptors (Lipinski definition) is 3. The number of benzene rings is 3. The van der Waals surface area contributed by atoms with E-state index in [1.807, 2.05) is 72.8 Å². The summed E-state index contributed by atoms with van der Waals surface area (Å²) >= 11 is 7.58. The van der Waals surface area contributed by atoms with Gasteiger partial charge >= 0.3 is 0 Å². The summed E-state index contributed by atoms with van der Waals surface area (Å²) < 4.78 is 0. The molecule has 3 aromatic carbocycles. The van der Waals surface area contributed by atoms with Crippen LogP contribution < -0.4 is 5.32 Å². The molecule has 1 aliphatic rings. The Balaban J connectivity index is 1.56. The SMILES string of the molecule is Cc1ccccc1CN(C(=O)CSCc1ccc(Cl)cc1)[C@H](Cc1ccccc1)C(=O)NC1CCCC1. The van der Waals surface area contributed by atoms with E-state index in [0.717, 1.165) is 47.9 Å². The number of rotatable bonds is 11. The molecule has 0 unspecified atom stereocenters. The predicted molar refractivity (Wildman–Crippen MR) is 154 cm³/mol. The minimum atomic E-state index is -0.578. The summed E-state index contributed by atoms with van der Waals surface area (Å²) in [6.07, 6.45) is 4.78. The Hall–Kier alpha value is -2.76. The molecule has 0 bridgehead atoms. The van der Waals surface area contributed by atoms with Crippen LogP contribution in [0, 0.1) is 6.92 Å². The van der Waals surface area contributed by atoms with Crippen molar-refractivity contribution in [1.29, 1.82) is 0 Å². The van der Waals surface area contributed by atoms with Gasteiger partial charge in [-0.2, -0.15) is 0 Å². The lowest BCUT2D eigenvalue weighted by Gasteiger charge is -2.32. The van der Waals surface area contributed by atoms with Crippen LogP contribution in [0.2, 0.25) is 5.02 Å². The second kappa shape index (κ2) is 13.7. The van der Waals surface area contributed by atoms with Crippen molar-refractivity contribution in [1.82, 2.24) is 10.2 Å². The number of halogens is 1. The molecule has 3 aromatic rings. The predicted octanol–water partition coefficient (Wildman–Crippen LogP) is 6.58. The van der Waals surface area contributed by atoms with E-state index in [2.05, 4.69) is 18.3 Å². The van der Waals surface area contributed by atoms with E-state index < -0.39 is 6.04 Å². The zero-order chi connectivity index (χ0) is 26.0. The topological polar surface area (TPSA) is 49.4 Å². The number of amides is 2. The molecule has 0 spiro atoms. The highest BCUT2D eigenvalue weighted by Gasteiger charge is 2.32. The molecule has 1 atom stereocenters. The molecule has 0 aliphatic heterocycles. The molecule has 0 heterocycles. The van der Waals surface area contributed by atoms with Gasteiger partial charge in [0.05, 0.1) is 5.75 Å². The van der Waals surface area contributed by atoms with Crippen LogP contribution in [0.15, 0.2) is 78.9 Å². The minimum absolute atomic E-state index is 0.0234. The Kier molecular flexibility index (Phi) is 10.1. The molecule has 2 amide bonds. The summed E-state index contributed by atoms with van der Waals surface area (Å²) in [7, 11) is 0. The highest BCUT2D eigenvalue weighted by atomic mass is 35.5. The second-order valence-electron chi connectivity index (χ2n) is 9.76. The molecule has 6 heteroatoms. The van der Waals surface area contributed by atoms with Gasteiger partial charge in [0.15, 0.2) is 0 Å². The van der Waals surface area contributed by atoms with E-state index in [1.165, 1.54) is 0 Å². The van der Waals surface area contributed by atoms with Crippen molar-refractivity contribution in [2.45, 2.75) is 63.4 Å². The maximum atomic E-state index is 13.8. The molecule has 4 rings (SSSR count). The standard InChI is InChI=1S/C31H35ClN2O2S/c1-23-9-5-6-12-26(23)20-34(30(35)22-37-21-25-15-17-27(32)18-16-25)29(19-24-10-3-2-4-11-24)31(36)33-28-13-7-8-14-28/h2-6,9-12,15-18,28-29H,7-8,13-14,19-22H2,1H3,(H,33,36)/t29-/m1/s1. The largest absolute Gasteiger partial charge is 0.352 e. The van der Waals surface area contributed by atoms with Gasteiger partial charge in [-0.15, -0.1) is 11.8 Å². The van der Waals surface area contributed by atoms with E-state index in [4.69, 9.17) is 11.6 Å². The van der Waals surface area contributed by atoms with E-state index in [1.54, 1.807) is 16.7 Å². The van der Waals surface area contributed by atoms with Crippen molar-refractivity contribution in [2.75, 3.05) is 5.75 Å². The van der Waals surface area contributed by atoms with E-state index in [0.29, 0.717) is 29.5 Å². The van der Waals surface area contributed by atoms with Gasteiger partial charge in [0.1, 0.15) is 6.04 Å². The zero-order valence-electron chi connectivity index (χ0n) is 21.4. The van der Waals surface area contributed by atoms with Crippen LogP contribution in [-0.2, 0) is 28.3 Å². The third kappa shape index (κ3) is 8.11. The van der Waals surface area contributed by atoms with Crippen LogP contribution in [0.1, 0.15) is 47.9 Å². The van der Waals surface area contributed by atoms with Gasteiger partial charge in [-0.05, 0) is 54.2 Å².